The van der Waals surface area contributed by atoms with Crippen molar-refractivity contribution in [2.24, 2.45) is 0 Å². The Labute approximate surface area is 125 Å². The van der Waals surface area contributed by atoms with E-state index in [-0.39, 0.29) is 0 Å². The normalized spacial score (nSPS) is 20.5. The predicted molar refractivity (Wildman–Crippen MR) is 72.7 cm³/mol. The Hall–Kier alpha value is -0.830. The third kappa shape index (κ3) is 3.88. The molecule has 1 aliphatic rings. The first-order valence-corrected chi connectivity index (χ1v) is 8.16. The molecule has 0 bridgehead atoms. The van der Waals surface area contributed by atoms with Crippen molar-refractivity contribution in [3.05, 3.63) is 28.8 Å². The fraction of sp³-hybridized carbons (Fsp3) is 0.500. The van der Waals surface area contributed by atoms with Gasteiger partial charge in [-0.1, -0.05) is 17.7 Å². The van der Waals surface area contributed by atoms with Gasteiger partial charge in [0, 0.05) is 12.6 Å². The van der Waals surface area contributed by atoms with Gasteiger partial charge < -0.3 is 5.32 Å². The van der Waals surface area contributed by atoms with Crippen molar-refractivity contribution in [3.63, 3.8) is 0 Å². The topological polar surface area (TPSA) is 58.2 Å². The van der Waals surface area contributed by atoms with Crippen LogP contribution in [0.15, 0.2) is 23.1 Å². The predicted octanol–water partition coefficient (Wildman–Crippen LogP) is 2.39. The Morgan fingerprint density at radius 3 is 2.62 bits per heavy atom. The van der Waals surface area contributed by atoms with E-state index in [2.05, 4.69) is 10.0 Å². The molecule has 0 spiro atoms. The van der Waals surface area contributed by atoms with Gasteiger partial charge in [-0.3, -0.25) is 0 Å². The molecule has 4 nitrogen and oxygen atoms in total. The first-order chi connectivity index (χ1) is 9.72. The van der Waals surface area contributed by atoms with Gasteiger partial charge in [0.25, 0.3) is 0 Å². The quantitative estimate of drug-likeness (QED) is 0.886. The summed E-state index contributed by atoms with van der Waals surface area (Å²) in [5, 5.41) is 2.54. The second kappa shape index (κ2) is 6.12. The van der Waals surface area contributed by atoms with Crippen LogP contribution in [0.1, 0.15) is 18.4 Å². The lowest BCUT2D eigenvalue weighted by molar-refractivity contribution is -0.139. The summed E-state index contributed by atoms with van der Waals surface area (Å²) in [6, 6.07) is 2.47. The number of halogens is 4. The van der Waals surface area contributed by atoms with Gasteiger partial charge in [0.05, 0.1) is 10.6 Å². The largest absolute Gasteiger partial charge is 0.417 e. The summed E-state index contributed by atoms with van der Waals surface area (Å²) >= 11 is 5.70. The second-order valence-electron chi connectivity index (χ2n) is 4.78. The van der Waals surface area contributed by atoms with E-state index in [0.717, 1.165) is 25.1 Å². The summed E-state index contributed by atoms with van der Waals surface area (Å²) in [6.45, 7) is 1.14. The van der Waals surface area contributed by atoms with E-state index in [1.807, 2.05) is 0 Å². The Bertz CT molecular complexity index is 613. The van der Waals surface area contributed by atoms with E-state index in [9.17, 15) is 21.6 Å². The van der Waals surface area contributed by atoms with Crippen LogP contribution < -0.4 is 10.0 Å². The van der Waals surface area contributed by atoms with E-state index in [0.29, 0.717) is 19.0 Å². The molecular formula is C12H14ClF3N2O2S. The number of alkyl halides is 3. The van der Waals surface area contributed by atoms with Crippen LogP contribution in [0.4, 0.5) is 13.2 Å². The number of hydrogen-bond acceptors (Lipinski definition) is 3. The molecule has 1 aromatic rings. The van der Waals surface area contributed by atoms with Gasteiger partial charge >= 0.3 is 6.18 Å². The molecule has 1 aromatic carbocycles. The van der Waals surface area contributed by atoms with Gasteiger partial charge in [-0.25, -0.2) is 13.1 Å². The second-order valence-corrected chi connectivity index (χ2v) is 6.84. The zero-order valence-corrected chi connectivity index (χ0v) is 12.4. The molecule has 1 aliphatic heterocycles. The number of hydrogen-bond donors (Lipinski definition) is 2. The molecule has 0 saturated carbocycles. The molecule has 118 valence electrons. The van der Waals surface area contributed by atoms with Crippen molar-refractivity contribution in [2.45, 2.75) is 30.0 Å². The maximum atomic E-state index is 13.0. The van der Waals surface area contributed by atoms with Crippen molar-refractivity contribution >= 4 is 21.6 Å². The van der Waals surface area contributed by atoms with Crippen LogP contribution >= 0.6 is 11.6 Å². The van der Waals surface area contributed by atoms with Crippen LogP contribution in [0, 0.1) is 0 Å². The first-order valence-electron chi connectivity index (χ1n) is 6.30. The number of benzene rings is 1. The van der Waals surface area contributed by atoms with Crippen LogP contribution in [0.25, 0.3) is 0 Å². The minimum Gasteiger partial charge on any atom is -0.315 e. The highest BCUT2D eigenvalue weighted by atomic mass is 35.5. The van der Waals surface area contributed by atoms with Crippen molar-refractivity contribution in [1.82, 2.24) is 10.0 Å². The maximum absolute atomic E-state index is 13.0. The molecule has 1 unspecified atom stereocenters. The molecule has 1 fully saturated rings. The fourth-order valence-electron chi connectivity index (χ4n) is 2.24. The number of sulfonamides is 1. The zero-order chi connectivity index (χ0) is 15.7. The lowest BCUT2D eigenvalue weighted by Gasteiger charge is -2.24. The van der Waals surface area contributed by atoms with Gasteiger partial charge in [0.2, 0.25) is 10.0 Å². The highest BCUT2D eigenvalue weighted by Crippen LogP contribution is 2.37. The van der Waals surface area contributed by atoms with Gasteiger partial charge in [0.1, 0.15) is 4.90 Å². The van der Waals surface area contributed by atoms with Gasteiger partial charge in [0.15, 0.2) is 0 Å². The Morgan fingerprint density at radius 2 is 2.05 bits per heavy atom. The Balaban J connectivity index is 2.39. The summed E-state index contributed by atoms with van der Waals surface area (Å²) in [6.07, 6.45) is -3.47. The standard InChI is InChI=1S/C12H14ClF3N2O2S/c13-10-5-1-4-9(12(14,15)16)11(10)21(19,20)18-8-3-2-6-17-7-8/h1,4-5,8,17-18H,2-3,6-7H2. The minimum atomic E-state index is -4.79. The lowest BCUT2D eigenvalue weighted by atomic mass is 10.1. The van der Waals surface area contributed by atoms with Gasteiger partial charge in [-0.15, -0.1) is 0 Å². The third-order valence-corrected chi connectivity index (χ3v) is 5.21. The summed E-state index contributed by atoms with van der Waals surface area (Å²) in [5.41, 5.74) is -1.26. The van der Waals surface area contributed by atoms with Crippen molar-refractivity contribution < 1.29 is 21.6 Å². The first kappa shape index (κ1) is 16.5. The Morgan fingerprint density at radius 1 is 1.33 bits per heavy atom. The van der Waals surface area contributed by atoms with Crippen LogP contribution in [0.2, 0.25) is 5.02 Å². The number of rotatable bonds is 3. The molecule has 0 aromatic heterocycles. The molecule has 21 heavy (non-hydrogen) atoms. The van der Waals surface area contributed by atoms with E-state index >= 15 is 0 Å². The smallest absolute Gasteiger partial charge is 0.315 e. The van der Waals surface area contributed by atoms with Gasteiger partial charge in [-0.05, 0) is 31.5 Å². The lowest BCUT2D eigenvalue weighted by Crippen LogP contribution is -2.45. The summed E-state index contributed by atoms with van der Waals surface area (Å²) in [5.74, 6) is 0. The third-order valence-electron chi connectivity index (χ3n) is 3.16. The van der Waals surface area contributed by atoms with E-state index in [4.69, 9.17) is 11.6 Å². The summed E-state index contributed by atoms with van der Waals surface area (Å²) < 4.78 is 65.7. The highest BCUT2D eigenvalue weighted by molar-refractivity contribution is 7.89. The average molecular weight is 343 g/mol. The molecule has 2 N–H and O–H groups in total. The molecule has 1 heterocycles. The average Bonchev–Trinajstić information content (AvgIpc) is 2.37. The monoisotopic (exact) mass is 342 g/mol. The summed E-state index contributed by atoms with van der Waals surface area (Å²) in [7, 11) is -4.35. The van der Waals surface area contributed by atoms with Gasteiger partial charge in [-0.2, -0.15) is 13.2 Å². The van der Waals surface area contributed by atoms with Crippen molar-refractivity contribution in [2.75, 3.05) is 13.1 Å². The van der Waals surface area contributed by atoms with E-state index in [1.54, 1.807) is 0 Å². The van der Waals surface area contributed by atoms with E-state index < -0.39 is 37.7 Å². The number of nitrogens with one attached hydrogen (secondary N) is 2. The zero-order valence-electron chi connectivity index (χ0n) is 10.9. The van der Waals surface area contributed by atoms with Crippen molar-refractivity contribution in [3.8, 4) is 0 Å². The highest BCUT2D eigenvalue weighted by Gasteiger charge is 2.39. The molecule has 1 atom stereocenters. The van der Waals surface area contributed by atoms with Crippen molar-refractivity contribution in [1.29, 1.82) is 0 Å². The van der Waals surface area contributed by atoms with Crippen LogP contribution in [0.3, 0.4) is 0 Å². The molecule has 0 amide bonds. The summed E-state index contributed by atoms with van der Waals surface area (Å²) in [4.78, 5) is -0.912. The van der Waals surface area contributed by atoms with Crippen LogP contribution in [-0.4, -0.2) is 27.5 Å². The molecule has 2 rings (SSSR count). The Kier molecular flexibility index (Phi) is 4.82. The molecule has 9 heteroatoms. The molecular weight excluding hydrogens is 329 g/mol. The van der Waals surface area contributed by atoms with E-state index in [1.165, 1.54) is 0 Å². The molecule has 0 aliphatic carbocycles. The molecule has 1 saturated heterocycles. The maximum Gasteiger partial charge on any atom is 0.417 e. The molecule has 0 radical (unpaired) electrons. The number of piperidine rings is 1. The minimum absolute atomic E-state index is 0.380. The SMILES string of the molecule is O=S(=O)(NC1CCCNC1)c1c(Cl)cccc1C(F)(F)F. The van der Waals surface area contributed by atoms with Crippen LogP contribution in [-0.2, 0) is 16.2 Å². The van der Waals surface area contributed by atoms with Crippen LogP contribution in [0.5, 0.6) is 0 Å². The fourth-order valence-corrected chi connectivity index (χ4v) is 4.27.